The Bertz CT molecular complexity index is 4510. The molecule has 13 rings (SSSR count). The van der Waals surface area contributed by atoms with Crippen molar-refractivity contribution >= 4 is 127 Å². The highest BCUT2D eigenvalue weighted by Gasteiger charge is 2.21. The minimum absolute atomic E-state index is 0.320. The van der Waals surface area contributed by atoms with Crippen molar-refractivity contribution in [3.8, 4) is 11.5 Å². The summed E-state index contributed by atoms with van der Waals surface area (Å²) in [7, 11) is 3.30. The van der Waals surface area contributed by atoms with Crippen LogP contribution in [-0.2, 0) is 38.5 Å². The molecule has 0 aliphatic carbocycles. The van der Waals surface area contributed by atoms with Gasteiger partial charge in [-0.2, -0.15) is 4.39 Å². The van der Waals surface area contributed by atoms with Crippen molar-refractivity contribution in [3.63, 3.8) is 0 Å². The average Bonchev–Trinajstić information content (AvgIpc) is 2.57. The molecule has 0 saturated carbocycles. The number of fused-ring (bicyclic) bond motifs is 4. The number of rotatable bonds is 13. The first-order chi connectivity index (χ1) is 43.7. The minimum Gasteiger partial charge on any atom is -0.497 e. The third-order valence-corrected chi connectivity index (χ3v) is 16.6. The Morgan fingerprint density at radius 2 is 0.791 bits per heavy atom. The molecule has 91 heavy (non-hydrogen) atoms. The first kappa shape index (κ1) is 63.8. The molecule has 0 atom stereocenters. The molecule has 13 aromatic rings. The van der Waals surface area contributed by atoms with Gasteiger partial charge in [-0.15, -0.1) is 0 Å². The van der Waals surface area contributed by atoms with E-state index >= 15 is 0 Å². The molecule has 0 aliphatic heterocycles. The van der Waals surface area contributed by atoms with Crippen LogP contribution in [0.5, 0.6) is 11.5 Å². The van der Waals surface area contributed by atoms with Crippen molar-refractivity contribution in [2.24, 2.45) is 0 Å². The summed E-state index contributed by atoms with van der Waals surface area (Å²) < 4.78 is 45.0. The van der Waals surface area contributed by atoms with Crippen LogP contribution in [0, 0.1) is 40.6 Å². The highest BCUT2D eigenvalue weighted by molar-refractivity contribution is 9.11. The van der Waals surface area contributed by atoms with E-state index in [1.807, 2.05) is 82.3 Å². The van der Waals surface area contributed by atoms with E-state index in [1.54, 1.807) is 33.3 Å². The SMILES string of the molecule is COc1ccc(CCc2nc(Cc3c(C)nc4nonc4c3N)ccc2Br)c(OC)c1.Cc1ccc(Cc2c(C)nc3nonc3c2N)nc1N.Cc1nc2nonc2c(N)c1Cc1ccc(Br)c(F)n1.Cc1nc2nonc2c(N)c1Cc1ccc(Br)c(N)n1. The van der Waals surface area contributed by atoms with Gasteiger partial charge in [0.25, 0.3) is 0 Å². The van der Waals surface area contributed by atoms with Crippen molar-refractivity contribution < 1.29 is 32.4 Å². The summed E-state index contributed by atoms with van der Waals surface area (Å²) >= 11 is 10.0. The highest BCUT2D eigenvalue weighted by Crippen LogP contribution is 2.32. The van der Waals surface area contributed by atoms with Gasteiger partial charge >= 0.3 is 0 Å². The number of nitrogens with two attached hydrogens (primary N) is 6. The molecular formula is C59H56Br3FN22O6. The first-order valence-corrected chi connectivity index (χ1v) is 29.8. The lowest BCUT2D eigenvalue weighted by atomic mass is 10.0. The molecule has 0 bridgehead atoms. The highest BCUT2D eigenvalue weighted by atomic mass is 79.9. The van der Waals surface area contributed by atoms with Gasteiger partial charge in [0.1, 0.15) is 23.1 Å². The van der Waals surface area contributed by atoms with Gasteiger partial charge in [-0.1, -0.05) is 12.1 Å². The van der Waals surface area contributed by atoms with Gasteiger partial charge < -0.3 is 43.9 Å². The molecule has 0 radical (unpaired) electrons. The van der Waals surface area contributed by atoms with E-state index in [9.17, 15) is 4.39 Å². The smallest absolute Gasteiger partial charge is 0.227 e. The van der Waals surface area contributed by atoms with Crippen LogP contribution in [-0.4, -0.2) is 95.3 Å². The maximum atomic E-state index is 13.4. The average molecular weight is 1430 g/mol. The second-order valence-electron chi connectivity index (χ2n) is 20.5. The number of pyridine rings is 8. The Morgan fingerprint density at radius 3 is 1.19 bits per heavy atom. The molecule has 0 aliphatic rings. The number of ether oxygens (including phenoxy) is 2. The lowest BCUT2D eigenvalue weighted by molar-refractivity contribution is 0.315. The summed E-state index contributed by atoms with van der Waals surface area (Å²) in [5.74, 6) is 1.97. The number of hydrogen-bond acceptors (Lipinski definition) is 28. The topological polar surface area (TPSA) is 433 Å². The van der Waals surface area contributed by atoms with E-state index in [4.69, 9.17) is 53.5 Å². The number of nitrogen functional groups attached to an aromatic ring is 6. The Balaban J connectivity index is 0.000000136. The summed E-state index contributed by atoms with van der Waals surface area (Å²) in [6.45, 7) is 9.35. The molecule has 466 valence electrons. The molecule has 0 spiro atoms. The van der Waals surface area contributed by atoms with Gasteiger partial charge in [-0.25, -0.2) is 53.4 Å². The van der Waals surface area contributed by atoms with Crippen molar-refractivity contribution in [2.75, 3.05) is 48.6 Å². The number of nitrogens with zero attached hydrogens (tertiary/aromatic N) is 16. The molecule has 0 unspecified atom stereocenters. The third kappa shape index (κ3) is 14.3. The van der Waals surface area contributed by atoms with Gasteiger partial charge in [0, 0.05) is 104 Å². The minimum atomic E-state index is -0.559. The Labute approximate surface area is 541 Å². The Kier molecular flexibility index (Phi) is 19.4. The van der Waals surface area contributed by atoms with Gasteiger partial charge in [-0.3, -0.25) is 4.98 Å². The van der Waals surface area contributed by atoms with Gasteiger partial charge in [0.05, 0.1) is 51.6 Å². The second-order valence-corrected chi connectivity index (χ2v) is 23.0. The molecular weight excluding hydrogens is 1370 g/mol. The zero-order valence-electron chi connectivity index (χ0n) is 49.7. The van der Waals surface area contributed by atoms with Crippen LogP contribution in [0.1, 0.15) is 84.6 Å². The lowest BCUT2D eigenvalue weighted by Gasteiger charge is -2.12. The summed E-state index contributed by atoms with van der Waals surface area (Å²) in [5.41, 5.74) is 54.1. The van der Waals surface area contributed by atoms with E-state index in [0.717, 1.165) is 107 Å². The Hall–Kier alpha value is -10.2. The molecule has 1 aromatic carbocycles. The number of anilines is 6. The van der Waals surface area contributed by atoms with E-state index in [1.165, 1.54) is 0 Å². The third-order valence-electron chi connectivity index (χ3n) is 14.6. The van der Waals surface area contributed by atoms with Crippen molar-refractivity contribution in [3.05, 3.63) is 171 Å². The zero-order valence-corrected chi connectivity index (χ0v) is 54.4. The van der Waals surface area contributed by atoms with E-state index in [-0.39, 0.29) is 0 Å². The number of aromatic nitrogens is 16. The van der Waals surface area contributed by atoms with Crippen LogP contribution in [0.15, 0.2) is 98.7 Å². The molecule has 0 amide bonds. The second kappa shape index (κ2) is 27.7. The van der Waals surface area contributed by atoms with Crippen molar-refractivity contribution in [1.29, 1.82) is 0 Å². The fraction of sp³-hybridized carbons (Fsp3) is 0.220. The van der Waals surface area contributed by atoms with Gasteiger partial charge in [0.15, 0.2) is 22.1 Å². The quantitative estimate of drug-likeness (QED) is 0.0584. The summed E-state index contributed by atoms with van der Waals surface area (Å²) in [6.07, 6.45) is 3.48. The van der Waals surface area contributed by atoms with Crippen LogP contribution < -0.4 is 43.9 Å². The van der Waals surface area contributed by atoms with E-state index < -0.39 is 5.95 Å². The van der Waals surface area contributed by atoms with Crippen molar-refractivity contribution in [1.82, 2.24) is 81.1 Å². The Morgan fingerprint density at radius 1 is 0.407 bits per heavy atom. The van der Waals surface area contributed by atoms with Gasteiger partial charge in [0.2, 0.25) is 28.5 Å². The predicted molar refractivity (Wildman–Crippen MR) is 347 cm³/mol. The zero-order chi connectivity index (χ0) is 64.8. The monoisotopic (exact) mass is 1420 g/mol. The molecule has 12 aromatic heterocycles. The van der Waals surface area contributed by atoms with Crippen LogP contribution in [0.25, 0.3) is 44.7 Å². The fourth-order valence-corrected chi connectivity index (χ4v) is 10.4. The molecule has 0 fully saturated rings. The molecule has 12 N–H and O–H groups in total. The summed E-state index contributed by atoms with van der Waals surface area (Å²) in [5, 5.41) is 29.9. The molecule has 28 nitrogen and oxygen atoms in total. The lowest BCUT2D eigenvalue weighted by Crippen LogP contribution is -2.06. The number of aryl methyl sites for hydroxylation is 7. The standard InChI is InChI=1S/C22H22BrN5O3.C13H14N6O.C12H9BrFN5O.C12H11BrN6O/c1-12-16(20(24)21-22(25-12)28-31-27-21)10-14-6-8-17(23)18(26-14)9-5-13-4-7-15(29-2)11-19(13)30-3;1-6-3-4-8(17-12(6)15)5-9-7(2)16-13-11(10(9)14)18-20-19-13;1-5-7(4-6-2-3-8(13)11(14)17-6)9(15)10-12(16-5)19-20-18-10;1-5-7(4-6-2-3-8(13)11(15)17-6)9(14)10-12(16-5)19-20-18-10/h4,6-8,11H,5,9-10,24H2,1-3H3;3-4H,5,14H2,1-2H3,(H2,15,17);2-3H,4,15H2,1H3;2-3H,4,14H2,1H3,(H2,15,17). The van der Waals surface area contributed by atoms with Crippen LogP contribution in [0.3, 0.4) is 0 Å². The number of hydrogen-bond donors (Lipinski definition) is 6. The van der Waals surface area contributed by atoms with Crippen LogP contribution >= 0.6 is 47.8 Å². The van der Waals surface area contributed by atoms with Crippen molar-refractivity contribution in [2.45, 2.75) is 73.1 Å². The number of benzene rings is 1. The van der Waals surface area contributed by atoms with Crippen LogP contribution in [0.4, 0.5) is 38.8 Å². The number of methoxy groups -OCH3 is 2. The summed E-state index contributed by atoms with van der Waals surface area (Å²) in [4.78, 5) is 34.7. The predicted octanol–water partition coefficient (Wildman–Crippen LogP) is 9.68. The maximum absolute atomic E-state index is 13.4. The molecule has 0 saturated heterocycles. The van der Waals surface area contributed by atoms with Crippen LogP contribution in [0.2, 0.25) is 0 Å². The first-order valence-electron chi connectivity index (χ1n) is 27.5. The van der Waals surface area contributed by atoms with E-state index in [0.29, 0.717) is 121 Å². The fourth-order valence-electron chi connectivity index (χ4n) is 9.53. The maximum Gasteiger partial charge on any atom is 0.227 e. The largest absolute Gasteiger partial charge is 0.497 e. The van der Waals surface area contributed by atoms with Gasteiger partial charge in [-0.05, 0) is 196 Å². The summed E-state index contributed by atoms with van der Waals surface area (Å²) in [6, 6.07) is 20.8. The molecule has 32 heteroatoms. The molecule has 12 heterocycles. The number of halogens is 4. The normalized spacial score (nSPS) is 11.1. The van der Waals surface area contributed by atoms with E-state index in [2.05, 4.69) is 138 Å².